The van der Waals surface area contributed by atoms with Gasteiger partial charge in [-0.15, -0.1) is 11.3 Å². The molecule has 0 bridgehead atoms. The first-order valence-corrected chi connectivity index (χ1v) is 10.2. The molecule has 1 heterocycles. The molecule has 142 valence electrons. The molecule has 4 rings (SSSR count). The molecule has 28 heavy (non-hydrogen) atoms. The monoisotopic (exact) mass is 392 g/mol. The summed E-state index contributed by atoms with van der Waals surface area (Å²) in [5.74, 6) is -0.645. The molecular formula is C22H20N2O3S. The molecule has 1 amide bonds. The van der Waals surface area contributed by atoms with Crippen molar-refractivity contribution in [3.8, 4) is 0 Å². The molecule has 0 aliphatic heterocycles. The standard InChI is InChI=1S/C22H20N2O3S/c25-21(24-18-12-6-10-15-7-4-5-11-17(15)18)19-14-28-20(23-19)13-27-22(26)16-8-2-1-3-9-16/h1-3,6,8-10,12,14H,4-5,7,11,13H2,(H,24,25). The molecule has 1 aliphatic carbocycles. The Balaban J connectivity index is 1.39. The summed E-state index contributed by atoms with van der Waals surface area (Å²) in [5.41, 5.74) is 4.24. The van der Waals surface area contributed by atoms with Gasteiger partial charge < -0.3 is 10.1 Å². The third-order valence-electron chi connectivity index (χ3n) is 4.76. The Kier molecular flexibility index (Phi) is 5.48. The number of nitrogens with zero attached hydrogens (tertiary/aromatic N) is 1. The van der Waals surface area contributed by atoms with Crippen molar-refractivity contribution in [1.82, 2.24) is 4.98 Å². The van der Waals surface area contributed by atoms with Crippen molar-refractivity contribution in [2.75, 3.05) is 5.32 Å². The fraction of sp³-hybridized carbons (Fsp3) is 0.227. The number of esters is 1. The lowest BCUT2D eigenvalue weighted by molar-refractivity contribution is 0.0472. The highest BCUT2D eigenvalue weighted by molar-refractivity contribution is 7.09. The van der Waals surface area contributed by atoms with Gasteiger partial charge in [0.1, 0.15) is 17.3 Å². The first-order valence-electron chi connectivity index (χ1n) is 9.29. The summed E-state index contributed by atoms with van der Waals surface area (Å²) < 4.78 is 5.28. The molecule has 0 fully saturated rings. The maximum atomic E-state index is 12.6. The van der Waals surface area contributed by atoms with Gasteiger partial charge >= 0.3 is 5.97 Å². The van der Waals surface area contributed by atoms with Crippen molar-refractivity contribution in [3.63, 3.8) is 0 Å². The SMILES string of the molecule is O=C(OCc1nc(C(=O)Nc2cccc3c2CCCC3)cs1)c1ccccc1. The molecular weight excluding hydrogens is 372 g/mol. The second-order valence-corrected chi connectivity index (χ2v) is 7.62. The number of ether oxygens (including phenoxy) is 1. The normalized spacial score (nSPS) is 12.9. The van der Waals surface area contributed by atoms with Gasteiger partial charge in [-0.25, -0.2) is 9.78 Å². The van der Waals surface area contributed by atoms with Gasteiger partial charge in [-0.3, -0.25) is 4.79 Å². The lowest BCUT2D eigenvalue weighted by Crippen LogP contribution is -2.16. The van der Waals surface area contributed by atoms with Crippen molar-refractivity contribution in [2.24, 2.45) is 0 Å². The Morgan fingerprint density at radius 2 is 1.86 bits per heavy atom. The number of rotatable bonds is 5. The Labute approximate surface area is 167 Å². The molecule has 0 atom stereocenters. The minimum absolute atomic E-state index is 0.0480. The number of carbonyl (C=O) groups is 2. The lowest BCUT2D eigenvalue weighted by Gasteiger charge is -2.19. The smallest absolute Gasteiger partial charge is 0.338 e. The van der Waals surface area contributed by atoms with E-state index in [4.69, 9.17) is 4.74 Å². The lowest BCUT2D eigenvalue weighted by atomic mass is 9.90. The van der Waals surface area contributed by atoms with Crippen LogP contribution in [0.3, 0.4) is 0 Å². The number of thiazole rings is 1. The fourth-order valence-corrected chi connectivity index (χ4v) is 4.04. The van der Waals surface area contributed by atoms with Gasteiger partial charge in [-0.1, -0.05) is 30.3 Å². The van der Waals surface area contributed by atoms with Gasteiger partial charge in [0, 0.05) is 11.1 Å². The van der Waals surface area contributed by atoms with E-state index in [2.05, 4.69) is 16.4 Å². The third kappa shape index (κ3) is 4.12. The Hall–Kier alpha value is -2.99. The first kappa shape index (κ1) is 18.4. The summed E-state index contributed by atoms with van der Waals surface area (Å²) in [6.07, 6.45) is 4.39. The molecule has 0 spiro atoms. The van der Waals surface area contributed by atoms with Gasteiger partial charge in [-0.05, 0) is 55.0 Å². The van der Waals surface area contributed by atoms with Crippen molar-refractivity contribution in [3.05, 3.63) is 81.3 Å². The molecule has 3 aromatic rings. The van der Waals surface area contributed by atoms with E-state index in [0.717, 1.165) is 24.9 Å². The van der Waals surface area contributed by atoms with Crippen molar-refractivity contribution in [1.29, 1.82) is 0 Å². The van der Waals surface area contributed by atoms with Crippen LogP contribution in [0.15, 0.2) is 53.9 Å². The maximum absolute atomic E-state index is 12.6. The topological polar surface area (TPSA) is 68.3 Å². The molecule has 0 saturated heterocycles. The van der Waals surface area contributed by atoms with Crippen LogP contribution in [0.2, 0.25) is 0 Å². The average molecular weight is 392 g/mol. The highest BCUT2D eigenvalue weighted by atomic mass is 32.1. The van der Waals surface area contributed by atoms with Crippen LogP contribution in [0.4, 0.5) is 5.69 Å². The molecule has 1 aliphatic rings. The van der Waals surface area contributed by atoms with Gasteiger partial charge in [0.2, 0.25) is 0 Å². The zero-order chi connectivity index (χ0) is 19.3. The van der Waals surface area contributed by atoms with Gasteiger partial charge in [0.05, 0.1) is 5.56 Å². The van der Waals surface area contributed by atoms with Crippen molar-refractivity contribution in [2.45, 2.75) is 32.3 Å². The van der Waals surface area contributed by atoms with E-state index in [1.165, 1.54) is 28.9 Å². The van der Waals surface area contributed by atoms with Crippen LogP contribution in [-0.4, -0.2) is 16.9 Å². The van der Waals surface area contributed by atoms with Crippen molar-refractivity contribution >= 4 is 28.9 Å². The summed E-state index contributed by atoms with van der Waals surface area (Å²) in [6, 6.07) is 14.9. The van der Waals surface area contributed by atoms with Crippen LogP contribution in [0, 0.1) is 0 Å². The Morgan fingerprint density at radius 1 is 1.04 bits per heavy atom. The first-order chi connectivity index (χ1) is 13.7. The fourth-order valence-electron chi connectivity index (χ4n) is 3.35. The Morgan fingerprint density at radius 3 is 2.71 bits per heavy atom. The number of amides is 1. The number of fused-ring (bicyclic) bond motifs is 1. The number of benzene rings is 2. The molecule has 1 aromatic heterocycles. The van der Waals surface area contributed by atoms with E-state index >= 15 is 0 Å². The molecule has 0 saturated carbocycles. The van der Waals surface area contributed by atoms with Gasteiger partial charge in [0.15, 0.2) is 0 Å². The summed E-state index contributed by atoms with van der Waals surface area (Å²) in [7, 11) is 0. The number of aryl methyl sites for hydroxylation is 1. The van der Waals surface area contributed by atoms with Crippen LogP contribution < -0.4 is 5.32 Å². The minimum atomic E-state index is -0.405. The summed E-state index contributed by atoms with van der Waals surface area (Å²) in [6.45, 7) is 0.0480. The van der Waals surface area contributed by atoms with E-state index in [1.54, 1.807) is 29.6 Å². The van der Waals surface area contributed by atoms with Gasteiger partial charge in [-0.2, -0.15) is 0 Å². The third-order valence-corrected chi connectivity index (χ3v) is 5.59. The molecule has 1 N–H and O–H groups in total. The summed E-state index contributed by atoms with van der Waals surface area (Å²) in [4.78, 5) is 28.9. The molecule has 0 unspecified atom stereocenters. The number of aromatic nitrogens is 1. The molecule has 5 nitrogen and oxygen atoms in total. The quantitative estimate of drug-likeness (QED) is 0.643. The second-order valence-electron chi connectivity index (χ2n) is 6.67. The van der Waals surface area contributed by atoms with E-state index < -0.39 is 5.97 Å². The zero-order valence-electron chi connectivity index (χ0n) is 15.3. The highest BCUT2D eigenvalue weighted by Crippen LogP contribution is 2.28. The van der Waals surface area contributed by atoms with E-state index in [0.29, 0.717) is 16.3 Å². The molecule has 6 heteroatoms. The molecule has 0 radical (unpaired) electrons. The number of hydrogen-bond acceptors (Lipinski definition) is 5. The predicted octanol–water partition coefficient (Wildman–Crippen LogP) is 4.63. The van der Waals surface area contributed by atoms with Crippen LogP contribution in [-0.2, 0) is 24.2 Å². The summed E-state index contributed by atoms with van der Waals surface area (Å²) >= 11 is 1.31. The average Bonchev–Trinajstić information content (AvgIpc) is 3.22. The highest BCUT2D eigenvalue weighted by Gasteiger charge is 2.17. The van der Waals surface area contributed by atoms with E-state index in [-0.39, 0.29) is 12.5 Å². The number of hydrogen-bond donors (Lipinski definition) is 1. The van der Waals surface area contributed by atoms with Gasteiger partial charge in [0.25, 0.3) is 5.91 Å². The number of carbonyl (C=O) groups excluding carboxylic acids is 2. The van der Waals surface area contributed by atoms with Crippen LogP contribution in [0.25, 0.3) is 0 Å². The summed E-state index contributed by atoms with van der Waals surface area (Å²) in [5, 5.41) is 5.27. The van der Waals surface area contributed by atoms with Crippen molar-refractivity contribution < 1.29 is 14.3 Å². The van der Waals surface area contributed by atoms with E-state index in [9.17, 15) is 9.59 Å². The van der Waals surface area contributed by atoms with Crippen LogP contribution >= 0.6 is 11.3 Å². The number of anilines is 1. The minimum Gasteiger partial charge on any atom is -0.455 e. The predicted molar refractivity (Wildman–Crippen MR) is 109 cm³/mol. The molecule has 2 aromatic carbocycles. The van der Waals surface area contributed by atoms with Crippen LogP contribution in [0.5, 0.6) is 0 Å². The van der Waals surface area contributed by atoms with Crippen LogP contribution in [0.1, 0.15) is 49.8 Å². The maximum Gasteiger partial charge on any atom is 0.338 e. The number of nitrogens with one attached hydrogen (secondary N) is 1. The largest absolute Gasteiger partial charge is 0.455 e. The zero-order valence-corrected chi connectivity index (χ0v) is 16.1. The van der Waals surface area contributed by atoms with E-state index in [1.807, 2.05) is 18.2 Å². The second kappa shape index (κ2) is 8.35. The Bertz CT molecular complexity index is 998.